The van der Waals surface area contributed by atoms with Crippen LogP contribution in [0.25, 0.3) is 0 Å². The van der Waals surface area contributed by atoms with E-state index in [1.54, 1.807) is 32.4 Å². The van der Waals surface area contributed by atoms with E-state index in [0.29, 0.717) is 22.1 Å². The van der Waals surface area contributed by atoms with Crippen LogP contribution in [0.4, 0.5) is 0 Å². The van der Waals surface area contributed by atoms with Gasteiger partial charge in [-0.1, -0.05) is 24.3 Å². The van der Waals surface area contributed by atoms with Crippen molar-refractivity contribution in [1.29, 1.82) is 0 Å². The van der Waals surface area contributed by atoms with Crippen molar-refractivity contribution in [2.75, 3.05) is 14.2 Å². The summed E-state index contributed by atoms with van der Waals surface area (Å²) in [6.07, 6.45) is 0. The van der Waals surface area contributed by atoms with Crippen LogP contribution in [0.3, 0.4) is 0 Å². The molecule has 0 heterocycles. The lowest BCUT2D eigenvalue weighted by molar-refractivity contribution is 0.282. The molecule has 0 unspecified atom stereocenters. The van der Waals surface area contributed by atoms with Crippen molar-refractivity contribution in [1.82, 2.24) is 0 Å². The van der Waals surface area contributed by atoms with Gasteiger partial charge in [0.25, 0.3) is 0 Å². The van der Waals surface area contributed by atoms with Crippen molar-refractivity contribution in [3.8, 4) is 11.5 Å². The molecule has 0 fully saturated rings. The first kappa shape index (κ1) is 15.5. The van der Waals surface area contributed by atoms with Crippen LogP contribution in [0.2, 0.25) is 0 Å². The zero-order chi connectivity index (χ0) is 15.2. The Morgan fingerprint density at radius 2 is 1.57 bits per heavy atom. The third-order valence-electron chi connectivity index (χ3n) is 3.12. The van der Waals surface area contributed by atoms with E-state index in [1.165, 1.54) is 0 Å². The summed E-state index contributed by atoms with van der Waals surface area (Å²) in [5, 5.41) is 9.01. The lowest BCUT2D eigenvalue weighted by Crippen LogP contribution is -1.98. The first-order valence-corrected chi connectivity index (χ1v) is 7.79. The second kappa shape index (κ2) is 7.24. The summed E-state index contributed by atoms with van der Waals surface area (Å²) >= 11 is 0. The van der Waals surface area contributed by atoms with Gasteiger partial charge in [-0.3, -0.25) is 4.21 Å². The molecule has 2 aromatic carbocycles. The van der Waals surface area contributed by atoms with Crippen LogP contribution < -0.4 is 9.47 Å². The zero-order valence-corrected chi connectivity index (χ0v) is 12.9. The molecule has 21 heavy (non-hydrogen) atoms. The van der Waals surface area contributed by atoms with Gasteiger partial charge >= 0.3 is 0 Å². The van der Waals surface area contributed by atoms with Gasteiger partial charge in [-0.15, -0.1) is 0 Å². The van der Waals surface area contributed by atoms with Crippen LogP contribution in [0.15, 0.2) is 47.4 Å². The minimum atomic E-state index is -1.16. The molecule has 0 aliphatic rings. The molecule has 4 nitrogen and oxygen atoms in total. The van der Waals surface area contributed by atoms with E-state index in [2.05, 4.69) is 0 Å². The molecule has 0 spiro atoms. The largest absolute Gasteiger partial charge is 0.493 e. The molecule has 0 saturated carbocycles. The van der Waals surface area contributed by atoms with Crippen molar-refractivity contribution in [3.05, 3.63) is 53.6 Å². The van der Waals surface area contributed by atoms with Crippen molar-refractivity contribution in [2.24, 2.45) is 0 Å². The highest BCUT2D eigenvalue weighted by molar-refractivity contribution is 7.84. The third-order valence-corrected chi connectivity index (χ3v) is 4.50. The summed E-state index contributed by atoms with van der Waals surface area (Å²) in [5.41, 5.74) is 1.80. The van der Waals surface area contributed by atoms with E-state index in [4.69, 9.17) is 14.6 Å². The number of benzene rings is 2. The first-order valence-electron chi connectivity index (χ1n) is 6.47. The fraction of sp³-hybridized carbons (Fsp3) is 0.250. The lowest BCUT2D eigenvalue weighted by atomic mass is 10.2. The maximum absolute atomic E-state index is 12.4. The van der Waals surface area contributed by atoms with Gasteiger partial charge in [-0.2, -0.15) is 0 Å². The average molecular weight is 306 g/mol. The number of ether oxygens (including phenoxy) is 2. The van der Waals surface area contributed by atoms with Gasteiger partial charge in [-0.25, -0.2) is 0 Å². The highest BCUT2D eigenvalue weighted by atomic mass is 32.2. The van der Waals surface area contributed by atoms with E-state index in [1.807, 2.05) is 24.3 Å². The lowest BCUT2D eigenvalue weighted by Gasteiger charge is -2.09. The molecule has 5 heteroatoms. The summed E-state index contributed by atoms with van der Waals surface area (Å²) < 4.78 is 22.8. The quantitative estimate of drug-likeness (QED) is 0.891. The van der Waals surface area contributed by atoms with E-state index in [9.17, 15) is 4.21 Å². The molecule has 1 atom stereocenters. The Balaban J connectivity index is 2.15. The van der Waals surface area contributed by atoms with E-state index < -0.39 is 10.8 Å². The number of hydrogen-bond donors (Lipinski definition) is 1. The van der Waals surface area contributed by atoms with Crippen LogP contribution >= 0.6 is 0 Å². The van der Waals surface area contributed by atoms with Crippen LogP contribution in [0.1, 0.15) is 11.1 Å². The summed E-state index contributed by atoms with van der Waals surface area (Å²) in [5.74, 6) is 1.60. The van der Waals surface area contributed by atoms with E-state index >= 15 is 0 Å². The van der Waals surface area contributed by atoms with Crippen molar-refractivity contribution in [2.45, 2.75) is 17.3 Å². The summed E-state index contributed by atoms with van der Waals surface area (Å²) in [7, 11) is 1.96. The number of methoxy groups -OCH3 is 2. The molecule has 0 bridgehead atoms. The van der Waals surface area contributed by atoms with Crippen LogP contribution in [0, 0.1) is 0 Å². The van der Waals surface area contributed by atoms with Gasteiger partial charge in [0.15, 0.2) is 11.5 Å². The number of aliphatic hydroxyl groups is 1. The van der Waals surface area contributed by atoms with Gasteiger partial charge in [-0.05, 0) is 23.3 Å². The first-order chi connectivity index (χ1) is 10.2. The molecule has 0 aliphatic carbocycles. The topological polar surface area (TPSA) is 55.8 Å². The molecular weight excluding hydrogens is 288 g/mol. The average Bonchev–Trinajstić information content (AvgIpc) is 2.54. The maximum atomic E-state index is 12.4. The number of hydrogen-bond acceptors (Lipinski definition) is 4. The van der Waals surface area contributed by atoms with Gasteiger partial charge in [0.05, 0.1) is 37.4 Å². The van der Waals surface area contributed by atoms with Crippen molar-refractivity contribution in [3.63, 3.8) is 0 Å². The number of rotatable bonds is 6. The van der Waals surface area contributed by atoms with Crippen LogP contribution in [-0.2, 0) is 23.2 Å². The summed E-state index contributed by atoms with van der Waals surface area (Å²) in [6.45, 7) is 0.0129. The SMILES string of the molecule is COc1ccc([S@@](=O)Cc2ccc(CO)cc2)cc1OC. The fourth-order valence-corrected chi connectivity index (χ4v) is 3.05. The highest BCUT2D eigenvalue weighted by Crippen LogP contribution is 2.29. The smallest absolute Gasteiger partial charge is 0.161 e. The van der Waals surface area contributed by atoms with Crippen LogP contribution in [0.5, 0.6) is 11.5 Å². The molecule has 0 aromatic heterocycles. The monoisotopic (exact) mass is 306 g/mol. The number of aliphatic hydroxyl groups excluding tert-OH is 1. The van der Waals surface area contributed by atoms with Crippen molar-refractivity contribution < 1.29 is 18.8 Å². The normalized spacial score (nSPS) is 12.0. The Labute approximate surface area is 126 Å². The maximum Gasteiger partial charge on any atom is 0.161 e. The molecule has 0 amide bonds. The molecule has 2 aromatic rings. The van der Waals surface area contributed by atoms with E-state index in [-0.39, 0.29) is 6.61 Å². The zero-order valence-electron chi connectivity index (χ0n) is 12.0. The molecule has 0 saturated heterocycles. The molecular formula is C16H18O4S. The fourth-order valence-electron chi connectivity index (χ4n) is 1.93. The Kier molecular flexibility index (Phi) is 5.36. The summed E-state index contributed by atoms with van der Waals surface area (Å²) in [4.78, 5) is 0.693. The highest BCUT2D eigenvalue weighted by Gasteiger charge is 2.10. The predicted molar refractivity (Wildman–Crippen MR) is 82.0 cm³/mol. The Morgan fingerprint density at radius 1 is 0.952 bits per heavy atom. The Morgan fingerprint density at radius 3 is 2.14 bits per heavy atom. The second-order valence-corrected chi connectivity index (χ2v) is 5.93. The van der Waals surface area contributed by atoms with E-state index in [0.717, 1.165) is 11.1 Å². The van der Waals surface area contributed by atoms with Gasteiger partial charge < -0.3 is 14.6 Å². The molecule has 1 N–H and O–H groups in total. The molecule has 112 valence electrons. The molecule has 0 aliphatic heterocycles. The van der Waals surface area contributed by atoms with Crippen molar-refractivity contribution >= 4 is 10.8 Å². The standard InChI is InChI=1S/C16H18O4S/c1-19-15-8-7-14(9-16(15)20-2)21(18)11-13-5-3-12(10-17)4-6-13/h3-9,17H,10-11H2,1-2H3/t21-/m0/s1. The summed E-state index contributed by atoms with van der Waals surface area (Å²) in [6, 6.07) is 12.7. The van der Waals surface area contributed by atoms with Crippen LogP contribution in [-0.4, -0.2) is 23.5 Å². The Hall–Kier alpha value is -1.85. The van der Waals surface area contributed by atoms with Gasteiger partial charge in [0, 0.05) is 11.0 Å². The Bertz CT molecular complexity index is 623. The predicted octanol–water partition coefficient (Wildman–Crippen LogP) is 2.50. The minimum absolute atomic E-state index is 0.0129. The van der Waals surface area contributed by atoms with Gasteiger partial charge in [0.2, 0.25) is 0 Å². The third kappa shape index (κ3) is 3.83. The van der Waals surface area contributed by atoms with Gasteiger partial charge in [0.1, 0.15) is 0 Å². The minimum Gasteiger partial charge on any atom is -0.493 e. The molecule has 0 radical (unpaired) electrons. The molecule has 2 rings (SSSR count). The second-order valence-electron chi connectivity index (χ2n) is 4.48.